The van der Waals surface area contributed by atoms with Crippen molar-refractivity contribution in [3.8, 4) is 0 Å². The molecule has 94 valence electrons. The van der Waals surface area contributed by atoms with Crippen LogP contribution in [0, 0.1) is 6.92 Å². The van der Waals surface area contributed by atoms with Gasteiger partial charge in [-0.1, -0.05) is 24.3 Å². The Labute approximate surface area is 111 Å². The number of fused-ring (bicyclic) bond motifs is 1. The first kappa shape index (κ1) is 11.8. The molecule has 0 saturated carbocycles. The molecule has 1 aromatic carbocycles. The van der Waals surface area contributed by atoms with Gasteiger partial charge in [0, 0.05) is 23.3 Å². The highest BCUT2D eigenvalue weighted by Gasteiger charge is 2.14. The van der Waals surface area contributed by atoms with Crippen LogP contribution in [-0.2, 0) is 0 Å². The number of aromatic nitrogens is 2. The van der Waals surface area contributed by atoms with Gasteiger partial charge in [0.1, 0.15) is 6.10 Å². The van der Waals surface area contributed by atoms with E-state index in [1.54, 1.807) is 12.4 Å². The highest BCUT2D eigenvalue weighted by molar-refractivity contribution is 5.78. The van der Waals surface area contributed by atoms with Crippen molar-refractivity contribution < 1.29 is 5.11 Å². The fourth-order valence-electron chi connectivity index (χ4n) is 2.18. The number of rotatable bonds is 2. The second kappa shape index (κ2) is 4.78. The molecule has 0 amide bonds. The van der Waals surface area contributed by atoms with Crippen molar-refractivity contribution in [1.82, 2.24) is 9.97 Å². The Balaban J connectivity index is 2.07. The number of hydrogen-bond donors (Lipinski definition) is 1. The maximum atomic E-state index is 10.4. The Morgan fingerprint density at radius 1 is 1.05 bits per heavy atom. The van der Waals surface area contributed by atoms with E-state index in [9.17, 15) is 5.11 Å². The molecule has 0 aliphatic heterocycles. The molecule has 3 aromatic rings. The number of aryl methyl sites for hydroxylation is 1. The zero-order valence-electron chi connectivity index (χ0n) is 10.6. The molecule has 3 heteroatoms. The molecule has 0 saturated heterocycles. The second-order valence-corrected chi connectivity index (χ2v) is 4.57. The average Bonchev–Trinajstić information content (AvgIpc) is 2.46. The summed E-state index contributed by atoms with van der Waals surface area (Å²) in [6, 6.07) is 13.6. The molecule has 3 rings (SSSR count). The van der Waals surface area contributed by atoms with Gasteiger partial charge in [-0.15, -0.1) is 0 Å². The lowest BCUT2D eigenvalue weighted by Crippen LogP contribution is -2.05. The molecule has 19 heavy (non-hydrogen) atoms. The Morgan fingerprint density at radius 3 is 2.74 bits per heavy atom. The molecule has 0 spiro atoms. The first-order valence-corrected chi connectivity index (χ1v) is 6.20. The molecule has 1 atom stereocenters. The van der Waals surface area contributed by atoms with Gasteiger partial charge in [-0.05, 0) is 30.7 Å². The van der Waals surface area contributed by atoms with Crippen molar-refractivity contribution in [3.05, 3.63) is 71.7 Å². The van der Waals surface area contributed by atoms with Crippen LogP contribution >= 0.6 is 0 Å². The largest absolute Gasteiger partial charge is 0.382 e. The fraction of sp³-hybridized carbons (Fsp3) is 0.125. The van der Waals surface area contributed by atoms with Gasteiger partial charge in [0.05, 0.1) is 11.2 Å². The summed E-state index contributed by atoms with van der Waals surface area (Å²) in [4.78, 5) is 8.63. The Morgan fingerprint density at radius 2 is 1.89 bits per heavy atom. The molecule has 3 nitrogen and oxygen atoms in total. The van der Waals surface area contributed by atoms with Crippen LogP contribution in [0.4, 0.5) is 0 Å². The summed E-state index contributed by atoms with van der Waals surface area (Å²) in [6.45, 7) is 1.94. The van der Waals surface area contributed by atoms with Gasteiger partial charge in [0.2, 0.25) is 0 Å². The van der Waals surface area contributed by atoms with Crippen LogP contribution in [0.25, 0.3) is 10.9 Å². The summed E-state index contributed by atoms with van der Waals surface area (Å²) in [7, 11) is 0. The molecule has 1 N–H and O–H groups in total. The van der Waals surface area contributed by atoms with E-state index in [-0.39, 0.29) is 0 Å². The van der Waals surface area contributed by atoms with Gasteiger partial charge in [-0.25, -0.2) is 0 Å². The summed E-state index contributed by atoms with van der Waals surface area (Å²) >= 11 is 0. The summed E-state index contributed by atoms with van der Waals surface area (Å²) < 4.78 is 0. The second-order valence-electron chi connectivity index (χ2n) is 4.57. The predicted molar refractivity (Wildman–Crippen MR) is 74.8 cm³/mol. The minimum absolute atomic E-state index is 0.680. The van der Waals surface area contributed by atoms with Gasteiger partial charge in [-0.3, -0.25) is 9.97 Å². The summed E-state index contributed by atoms with van der Waals surface area (Å²) in [5.41, 5.74) is 3.35. The zero-order valence-corrected chi connectivity index (χ0v) is 10.6. The Bertz CT molecular complexity index is 725. The first-order chi connectivity index (χ1) is 9.25. The van der Waals surface area contributed by atoms with Crippen molar-refractivity contribution >= 4 is 10.9 Å². The topological polar surface area (TPSA) is 46.0 Å². The van der Waals surface area contributed by atoms with Crippen molar-refractivity contribution in [2.24, 2.45) is 0 Å². The van der Waals surface area contributed by atoms with Crippen LogP contribution in [0.3, 0.4) is 0 Å². The van der Waals surface area contributed by atoms with Gasteiger partial charge >= 0.3 is 0 Å². The number of aliphatic hydroxyl groups is 1. The fourth-order valence-corrected chi connectivity index (χ4v) is 2.18. The van der Waals surface area contributed by atoms with E-state index in [1.807, 2.05) is 49.4 Å². The molecule has 0 aliphatic rings. The van der Waals surface area contributed by atoms with E-state index in [0.717, 1.165) is 22.0 Å². The minimum atomic E-state index is -0.738. The Kier molecular flexibility index (Phi) is 2.97. The third kappa shape index (κ3) is 2.20. The van der Waals surface area contributed by atoms with E-state index in [1.165, 1.54) is 0 Å². The van der Waals surface area contributed by atoms with E-state index in [0.29, 0.717) is 5.69 Å². The zero-order chi connectivity index (χ0) is 13.2. The minimum Gasteiger partial charge on any atom is -0.382 e. The lowest BCUT2D eigenvalue weighted by molar-refractivity contribution is 0.214. The monoisotopic (exact) mass is 250 g/mol. The van der Waals surface area contributed by atoms with Gasteiger partial charge in [0.15, 0.2) is 0 Å². The summed E-state index contributed by atoms with van der Waals surface area (Å²) in [6.07, 6.45) is 2.67. The molecule has 2 heterocycles. The molecular formula is C16H14N2O. The maximum absolute atomic E-state index is 10.4. The lowest BCUT2D eigenvalue weighted by atomic mass is 10.0. The van der Waals surface area contributed by atoms with Crippen LogP contribution in [0.1, 0.15) is 22.9 Å². The standard InChI is InChI=1S/C16H14N2O/c1-11-5-4-8-17-15(11)16(19)13-9-12-6-2-3-7-14(12)18-10-13/h2-10,16,19H,1H3. The summed E-state index contributed by atoms with van der Waals surface area (Å²) in [5, 5.41) is 11.5. The van der Waals surface area contributed by atoms with E-state index in [2.05, 4.69) is 9.97 Å². The maximum Gasteiger partial charge on any atom is 0.123 e. The van der Waals surface area contributed by atoms with Gasteiger partial charge in [-0.2, -0.15) is 0 Å². The molecule has 2 aromatic heterocycles. The number of hydrogen-bond acceptors (Lipinski definition) is 3. The highest BCUT2D eigenvalue weighted by atomic mass is 16.3. The summed E-state index contributed by atoms with van der Waals surface area (Å²) in [5.74, 6) is 0. The van der Waals surface area contributed by atoms with Gasteiger partial charge < -0.3 is 5.11 Å². The van der Waals surface area contributed by atoms with Crippen LogP contribution in [0.2, 0.25) is 0 Å². The molecule has 0 bridgehead atoms. The van der Waals surface area contributed by atoms with E-state index < -0.39 is 6.10 Å². The molecule has 0 aliphatic carbocycles. The quantitative estimate of drug-likeness (QED) is 0.760. The van der Waals surface area contributed by atoms with Gasteiger partial charge in [0.25, 0.3) is 0 Å². The Hall–Kier alpha value is -2.26. The smallest absolute Gasteiger partial charge is 0.123 e. The number of aliphatic hydroxyl groups excluding tert-OH is 1. The molecule has 0 radical (unpaired) electrons. The number of benzene rings is 1. The normalized spacial score (nSPS) is 12.5. The molecular weight excluding hydrogens is 236 g/mol. The van der Waals surface area contributed by atoms with Crippen LogP contribution in [0.5, 0.6) is 0 Å². The van der Waals surface area contributed by atoms with Crippen molar-refractivity contribution in [2.45, 2.75) is 13.0 Å². The third-order valence-corrected chi connectivity index (χ3v) is 3.24. The predicted octanol–water partition coefficient (Wildman–Crippen LogP) is 3.02. The van der Waals surface area contributed by atoms with E-state index in [4.69, 9.17) is 0 Å². The molecule has 0 fully saturated rings. The first-order valence-electron chi connectivity index (χ1n) is 6.20. The van der Waals surface area contributed by atoms with Crippen LogP contribution < -0.4 is 0 Å². The SMILES string of the molecule is Cc1cccnc1C(O)c1cnc2ccccc2c1. The third-order valence-electron chi connectivity index (χ3n) is 3.24. The van der Waals surface area contributed by atoms with Crippen LogP contribution in [0.15, 0.2) is 54.9 Å². The number of para-hydroxylation sites is 1. The average molecular weight is 250 g/mol. The van der Waals surface area contributed by atoms with Crippen molar-refractivity contribution in [1.29, 1.82) is 0 Å². The lowest BCUT2D eigenvalue weighted by Gasteiger charge is -2.13. The highest BCUT2D eigenvalue weighted by Crippen LogP contribution is 2.24. The number of pyridine rings is 2. The molecule has 1 unspecified atom stereocenters. The van der Waals surface area contributed by atoms with Crippen molar-refractivity contribution in [2.75, 3.05) is 0 Å². The van der Waals surface area contributed by atoms with Crippen LogP contribution in [-0.4, -0.2) is 15.1 Å². The van der Waals surface area contributed by atoms with E-state index >= 15 is 0 Å². The number of nitrogens with zero attached hydrogens (tertiary/aromatic N) is 2. The van der Waals surface area contributed by atoms with Crippen molar-refractivity contribution in [3.63, 3.8) is 0 Å².